The molecule has 28 heavy (non-hydrogen) atoms. The Labute approximate surface area is 168 Å². The van der Waals surface area contributed by atoms with E-state index >= 15 is 0 Å². The smallest absolute Gasteiger partial charge is 0.257 e. The molecule has 0 fully saturated rings. The van der Waals surface area contributed by atoms with E-state index < -0.39 is 0 Å². The largest absolute Gasteiger partial charge is 0.475 e. The molecule has 1 aliphatic heterocycles. The minimum atomic E-state index is -0.219. The van der Waals surface area contributed by atoms with E-state index in [0.29, 0.717) is 41.0 Å². The van der Waals surface area contributed by atoms with Crippen LogP contribution in [-0.2, 0) is 4.74 Å². The lowest BCUT2D eigenvalue weighted by Crippen LogP contribution is -2.16. The molecule has 0 unspecified atom stereocenters. The number of amides is 1. The summed E-state index contributed by atoms with van der Waals surface area (Å²) in [6, 6.07) is 22.2. The minimum Gasteiger partial charge on any atom is -0.475 e. The Morgan fingerprint density at radius 1 is 0.929 bits per heavy atom. The molecule has 0 atom stereocenters. The first-order valence-corrected chi connectivity index (χ1v) is 9.28. The van der Waals surface area contributed by atoms with Gasteiger partial charge in [0, 0.05) is 10.7 Å². The maximum absolute atomic E-state index is 13.0. The van der Waals surface area contributed by atoms with Crippen LogP contribution in [0.25, 0.3) is 0 Å². The second-order valence-electron chi connectivity index (χ2n) is 6.21. The van der Waals surface area contributed by atoms with Crippen molar-refractivity contribution in [3.05, 3.63) is 88.9 Å². The summed E-state index contributed by atoms with van der Waals surface area (Å²) < 4.78 is 5.55. The standard InChI is InChI=1S/C22H18ClN3O2/c23-15-9-11-16(12-10-15)25-19-7-3-1-5-17(19)21(27)26-20-8-4-2-6-18(20)22-24-13-14-28-22/h1-12,25H,13-14H2,(H,26,27). The first kappa shape index (κ1) is 18.1. The summed E-state index contributed by atoms with van der Waals surface area (Å²) in [6.07, 6.45) is 0. The highest BCUT2D eigenvalue weighted by Gasteiger charge is 2.17. The van der Waals surface area contributed by atoms with Crippen molar-refractivity contribution in [2.24, 2.45) is 4.99 Å². The molecule has 0 bridgehead atoms. The summed E-state index contributed by atoms with van der Waals surface area (Å²) in [5, 5.41) is 6.90. The molecule has 5 nitrogen and oxygen atoms in total. The zero-order valence-corrected chi connectivity index (χ0v) is 15.7. The molecule has 0 spiro atoms. The predicted octanol–water partition coefficient (Wildman–Crippen LogP) is 5.11. The van der Waals surface area contributed by atoms with Crippen LogP contribution >= 0.6 is 11.6 Å². The third-order valence-corrected chi connectivity index (χ3v) is 4.54. The molecule has 0 aliphatic carbocycles. The Morgan fingerprint density at radius 3 is 2.39 bits per heavy atom. The van der Waals surface area contributed by atoms with E-state index in [2.05, 4.69) is 15.6 Å². The van der Waals surface area contributed by atoms with Crippen LogP contribution < -0.4 is 10.6 Å². The van der Waals surface area contributed by atoms with E-state index in [1.54, 1.807) is 18.2 Å². The summed E-state index contributed by atoms with van der Waals surface area (Å²) >= 11 is 5.94. The lowest BCUT2D eigenvalue weighted by molar-refractivity contribution is 0.102. The van der Waals surface area contributed by atoms with Crippen molar-refractivity contribution in [3.8, 4) is 0 Å². The van der Waals surface area contributed by atoms with Gasteiger partial charge in [-0.05, 0) is 48.5 Å². The molecule has 140 valence electrons. The summed E-state index contributed by atoms with van der Waals surface area (Å²) in [5.74, 6) is 0.339. The van der Waals surface area contributed by atoms with Gasteiger partial charge >= 0.3 is 0 Å². The van der Waals surface area contributed by atoms with Crippen LogP contribution in [0.2, 0.25) is 5.02 Å². The summed E-state index contributed by atoms with van der Waals surface area (Å²) in [7, 11) is 0. The number of ether oxygens (including phenoxy) is 1. The second-order valence-corrected chi connectivity index (χ2v) is 6.65. The first-order valence-electron chi connectivity index (χ1n) is 8.90. The number of rotatable bonds is 5. The van der Waals surface area contributed by atoms with Crippen molar-refractivity contribution in [1.82, 2.24) is 0 Å². The fraction of sp³-hybridized carbons (Fsp3) is 0.0909. The lowest BCUT2D eigenvalue weighted by Gasteiger charge is -2.14. The number of nitrogens with zero attached hydrogens (tertiary/aromatic N) is 1. The number of anilines is 3. The molecule has 2 N–H and O–H groups in total. The Kier molecular flexibility index (Phi) is 5.26. The number of halogens is 1. The number of nitrogens with one attached hydrogen (secondary N) is 2. The number of carbonyl (C=O) groups excluding carboxylic acids is 1. The van der Waals surface area contributed by atoms with Gasteiger partial charge in [0.25, 0.3) is 5.91 Å². The molecule has 4 rings (SSSR count). The number of benzene rings is 3. The van der Waals surface area contributed by atoms with Gasteiger partial charge in [0.05, 0.1) is 29.0 Å². The molecule has 1 heterocycles. The normalized spacial score (nSPS) is 12.8. The molecule has 3 aromatic carbocycles. The Morgan fingerprint density at radius 2 is 1.64 bits per heavy atom. The van der Waals surface area contributed by atoms with Gasteiger partial charge in [-0.25, -0.2) is 4.99 Å². The summed E-state index contributed by atoms with van der Waals surface area (Å²) in [4.78, 5) is 17.3. The van der Waals surface area contributed by atoms with Crippen molar-refractivity contribution < 1.29 is 9.53 Å². The predicted molar refractivity (Wildman–Crippen MR) is 113 cm³/mol. The third-order valence-electron chi connectivity index (χ3n) is 4.29. The molecule has 0 aromatic heterocycles. The molecule has 0 saturated heterocycles. The van der Waals surface area contributed by atoms with E-state index in [1.165, 1.54) is 0 Å². The monoisotopic (exact) mass is 391 g/mol. The number of hydrogen-bond donors (Lipinski definition) is 2. The van der Waals surface area contributed by atoms with E-state index in [0.717, 1.165) is 11.3 Å². The number of carbonyl (C=O) groups is 1. The van der Waals surface area contributed by atoms with Crippen LogP contribution in [0.3, 0.4) is 0 Å². The van der Waals surface area contributed by atoms with Crippen molar-refractivity contribution in [2.75, 3.05) is 23.8 Å². The highest BCUT2D eigenvalue weighted by Crippen LogP contribution is 2.25. The van der Waals surface area contributed by atoms with E-state index in [4.69, 9.17) is 16.3 Å². The first-order chi connectivity index (χ1) is 13.7. The topological polar surface area (TPSA) is 62.7 Å². The Hall–Kier alpha value is -3.31. The molecule has 3 aromatic rings. The second kappa shape index (κ2) is 8.15. The van der Waals surface area contributed by atoms with E-state index in [-0.39, 0.29) is 5.91 Å². The van der Waals surface area contributed by atoms with Gasteiger partial charge in [-0.2, -0.15) is 0 Å². The van der Waals surface area contributed by atoms with Gasteiger partial charge in [-0.1, -0.05) is 35.9 Å². The highest BCUT2D eigenvalue weighted by molar-refractivity contribution is 6.30. The van der Waals surface area contributed by atoms with Crippen LogP contribution in [0, 0.1) is 0 Å². The van der Waals surface area contributed by atoms with Gasteiger partial charge in [0.15, 0.2) is 0 Å². The maximum Gasteiger partial charge on any atom is 0.257 e. The molecule has 1 aliphatic rings. The molecule has 6 heteroatoms. The maximum atomic E-state index is 13.0. The molecule has 0 radical (unpaired) electrons. The van der Waals surface area contributed by atoms with Gasteiger partial charge < -0.3 is 15.4 Å². The van der Waals surface area contributed by atoms with Crippen molar-refractivity contribution in [3.63, 3.8) is 0 Å². The van der Waals surface area contributed by atoms with Crippen molar-refractivity contribution in [2.45, 2.75) is 0 Å². The van der Waals surface area contributed by atoms with Gasteiger partial charge in [0.2, 0.25) is 5.90 Å². The molecular formula is C22H18ClN3O2. The third kappa shape index (κ3) is 4.00. The van der Waals surface area contributed by atoms with Crippen LogP contribution in [0.4, 0.5) is 17.1 Å². The minimum absolute atomic E-state index is 0.219. The fourth-order valence-electron chi connectivity index (χ4n) is 2.95. The van der Waals surface area contributed by atoms with Gasteiger partial charge in [-0.15, -0.1) is 0 Å². The fourth-order valence-corrected chi connectivity index (χ4v) is 3.07. The SMILES string of the molecule is O=C(Nc1ccccc1C1=NCCO1)c1ccccc1Nc1ccc(Cl)cc1. The Balaban J connectivity index is 1.59. The number of hydrogen-bond acceptors (Lipinski definition) is 4. The molecule has 0 saturated carbocycles. The number of aliphatic imine (C=N–C) groups is 1. The van der Waals surface area contributed by atoms with Crippen molar-refractivity contribution in [1.29, 1.82) is 0 Å². The number of para-hydroxylation sites is 2. The Bertz CT molecular complexity index is 1030. The van der Waals surface area contributed by atoms with Crippen LogP contribution in [0.5, 0.6) is 0 Å². The molecule has 1 amide bonds. The van der Waals surface area contributed by atoms with Crippen LogP contribution in [0.1, 0.15) is 15.9 Å². The zero-order valence-electron chi connectivity index (χ0n) is 15.0. The van der Waals surface area contributed by atoms with Crippen LogP contribution in [0.15, 0.2) is 77.8 Å². The molecular weight excluding hydrogens is 374 g/mol. The highest BCUT2D eigenvalue weighted by atomic mass is 35.5. The lowest BCUT2D eigenvalue weighted by atomic mass is 10.1. The summed E-state index contributed by atoms with van der Waals surface area (Å²) in [6.45, 7) is 1.19. The van der Waals surface area contributed by atoms with Gasteiger partial charge in [0.1, 0.15) is 6.61 Å². The average Bonchev–Trinajstić information content (AvgIpc) is 3.25. The van der Waals surface area contributed by atoms with Crippen molar-refractivity contribution >= 4 is 40.5 Å². The van der Waals surface area contributed by atoms with Crippen LogP contribution in [-0.4, -0.2) is 25.0 Å². The van der Waals surface area contributed by atoms with E-state index in [1.807, 2.05) is 54.6 Å². The average molecular weight is 392 g/mol. The van der Waals surface area contributed by atoms with E-state index in [9.17, 15) is 4.79 Å². The zero-order chi connectivity index (χ0) is 19.3. The summed E-state index contributed by atoms with van der Waals surface area (Å²) in [5.41, 5.74) is 3.51. The quantitative estimate of drug-likeness (QED) is 0.635. The van der Waals surface area contributed by atoms with Gasteiger partial charge in [-0.3, -0.25) is 4.79 Å².